The molecule has 0 unspecified atom stereocenters. The molecule has 1 atom stereocenters. The predicted octanol–water partition coefficient (Wildman–Crippen LogP) is 4.64. The Morgan fingerprint density at radius 1 is 1.24 bits per heavy atom. The van der Waals surface area contributed by atoms with Gasteiger partial charge >= 0.3 is 0 Å². The molecule has 0 spiro atoms. The van der Waals surface area contributed by atoms with Crippen molar-refractivity contribution < 1.29 is 4.79 Å². The molecule has 1 aliphatic rings. The number of benzene rings is 2. The number of amides is 1. The lowest BCUT2D eigenvalue weighted by Gasteiger charge is -2.31. The van der Waals surface area contributed by atoms with Gasteiger partial charge in [0, 0.05) is 35.3 Å². The van der Waals surface area contributed by atoms with E-state index in [1.807, 2.05) is 30.8 Å². The van der Waals surface area contributed by atoms with Gasteiger partial charge in [0.2, 0.25) is 0 Å². The molecule has 1 N–H and O–H groups in total. The van der Waals surface area contributed by atoms with Gasteiger partial charge in [0.05, 0.1) is 5.69 Å². The smallest absolute Gasteiger partial charge is 0.251 e. The average molecular weight is 355 g/mol. The fraction of sp³-hybridized carbons (Fsp3) is 0.381. The van der Waals surface area contributed by atoms with Crippen LogP contribution in [0.1, 0.15) is 41.8 Å². The second kappa shape index (κ2) is 7.96. The summed E-state index contributed by atoms with van der Waals surface area (Å²) in [7, 11) is 0. The van der Waals surface area contributed by atoms with E-state index in [2.05, 4.69) is 54.4 Å². The SMILES string of the molecule is CC[C@H](C)NC(=O)c1ccc2c(c1)N(Cc1ccc(C)cc1)CCS2. The third-order valence-corrected chi connectivity index (χ3v) is 5.71. The molecule has 0 aliphatic carbocycles. The topological polar surface area (TPSA) is 32.3 Å². The van der Waals surface area contributed by atoms with Gasteiger partial charge in [-0.25, -0.2) is 0 Å². The second-order valence-electron chi connectivity index (χ2n) is 6.72. The monoisotopic (exact) mass is 354 g/mol. The van der Waals surface area contributed by atoms with E-state index in [9.17, 15) is 4.79 Å². The summed E-state index contributed by atoms with van der Waals surface area (Å²) in [5.74, 6) is 1.10. The summed E-state index contributed by atoms with van der Waals surface area (Å²) in [6.45, 7) is 8.11. The third kappa shape index (κ3) is 4.37. The molecule has 4 heteroatoms. The molecule has 1 heterocycles. The molecule has 0 bridgehead atoms. The summed E-state index contributed by atoms with van der Waals surface area (Å²) < 4.78 is 0. The maximum absolute atomic E-state index is 12.5. The molecule has 0 saturated heterocycles. The fourth-order valence-electron chi connectivity index (χ4n) is 2.90. The average Bonchev–Trinajstić information content (AvgIpc) is 2.63. The number of thioether (sulfide) groups is 1. The third-order valence-electron chi connectivity index (χ3n) is 4.66. The summed E-state index contributed by atoms with van der Waals surface area (Å²) in [5.41, 5.74) is 4.50. The van der Waals surface area contributed by atoms with Crippen LogP contribution in [0, 0.1) is 6.92 Å². The van der Waals surface area contributed by atoms with Crippen LogP contribution in [-0.2, 0) is 6.54 Å². The van der Waals surface area contributed by atoms with E-state index in [0.717, 1.165) is 30.8 Å². The highest BCUT2D eigenvalue weighted by atomic mass is 32.2. The Balaban J connectivity index is 1.82. The Hall–Kier alpha value is -1.94. The van der Waals surface area contributed by atoms with Gasteiger partial charge in [-0.05, 0) is 44.0 Å². The van der Waals surface area contributed by atoms with Crippen LogP contribution < -0.4 is 10.2 Å². The molecule has 1 aliphatic heterocycles. The zero-order valence-electron chi connectivity index (χ0n) is 15.2. The minimum absolute atomic E-state index is 0.0167. The van der Waals surface area contributed by atoms with Gasteiger partial charge in [-0.15, -0.1) is 11.8 Å². The molecule has 3 nitrogen and oxygen atoms in total. The molecule has 2 aromatic carbocycles. The Kier molecular flexibility index (Phi) is 5.69. The van der Waals surface area contributed by atoms with Crippen LogP contribution in [0.4, 0.5) is 5.69 Å². The van der Waals surface area contributed by atoms with Crippen LogP contribution in [0.2, 0.25) is 0 Å². The van der Waals surface area contributed by atoms with Gasteiger partial charge in [0.1, 0.15) is 0 Å². The van der Waals surface area contributed by atoms with E-state index in [-0.39, 0.29) is 11.9 Å². The minimum Gasteiger partial charge on any atom is -0.365 e. The van der Waals surface area contributed by atoms with Crippen molar-refractivity contribution in [1.29, 1.82) is 0 Å². The van der Waals surface area contributed by atoms with Crippen LogP contribution in [-0.4, -0.2) is 24.2 Å². The summed E-state index contributed by atoms with van der Waals surface area (Å²) in [6, 6.07) is 15.0. The van der Waals surface area contributed by atoms with E-state index in [4.69, 9.17) is 0 Å². The standard InChI is InChI=1S/C21H26N2OS/c1-4-16(3)22-21(24)18-9-10-20-19(13-18)23(11-12-25-20)14-17-7-5-15(2)6-8-17/h5-10,13,16H,4,11-12,14H2,1-3H3,(H,22,24)/t16-/m0/s1. The number of aryl methyl sites for hydroxylation is 1. The first-order chi connectivity index (χ1) is 12.1. The van der Waals surface area contributed by atoms with Crippen LogP contribution in [0.3, 0.4) is 0 Å². The first-order valence-electron chi connectivity index (χ1n) is 8.95. The predicted molar refractivity (Wildman–Crippen MR) is 107 cm³/mol. The zero-order valence-corrected chi connectivity index (χ0v) is 16.0. The van der Waals surface area contributed by atoms with Crippen LogP contribution in [0.25, 0.3) is 0 Å². The van der Waals surface area contributed by atoms with Gasteiger partial charge in [-0.2, -0.15) is 0 Å². The van der Waals surface area contributed by atoms with E-state index in [1.165, 1.54) is 21.7 Å². The van der Waals surface area contributed by atoms with Crippen molar-refractivity contribution in [3.05, 3.63) is 59.2 Å². The first kappa shape index (κ1) is 17.9. The number of fused-ring (bicyclic) bond motifs is 1. The summed E-state index contributed by atoms with van der Waals surface area (Å²) in [5, 5.41) is 3.06. The van der Waals surface area contributed by atoms with Crippen molar-refractivity contribution in [2.24, 2.45) is 0 Å². The number of anilines is 1. The van der Waals surface area contributed by atoms with Gasteiger partial charge in [0.25, 0.3) is 5.91 Å². The van der Waals surface area contributed by atoms with E-state index in [1.54, 1.807) is 0 Å². The molecular formula is C21H26N2OS. The number of carbonyl (C=O) groups is 1. The van der Waals surface area contributed by atoms with Crippen molar-refractivity contribution in [2.75, 3.05) is 17.2 Å². The molecule has 1 amide bonds. The molecule has 0 aromatic heterocycles. The highest BCUT2D eigenvalue weighted by Crippen LogP contribution is 2.36. The number of hydrogen-bond acceptors (Lipinski definition) is 3. The number of nitrogens with one attached hydrogen (secondary N) is 1. The maximum Gasteiger partial charge on any atom is 0.251 e. The summed E-state index contributed by atoms with van der Waals surface area (Å²) in [4.78, 5) is 16.1. The molecule has 25 heavy (non-hydrogen) atoms. The molecular weight excluding hydrogens is 328 g/mol. The number of carbonyl (C=O) groups excluding carboxylic acids is 1. The normalized spacial score (nSPS) is 14.8. The van der Waals surface area contributed by atoms with Crippen molar-refractivity contribution in [3.63, 3.8) is 0 Å². The van der Waals surface area contributed by atoms with Gasteiger partial charge in [0.15, 0.2) is 0 Å². The maximum atomic E-state index is 12.5. The largest absolute Gasteiger partial charge is 0.365 e. The summed E-state index contributed by atoms with van der Waals surface area (Å²) >= 11 is 1.87. The van der Waals surface area contributed by atoms with Crippen LogP contribution in [0.15, 0.2) is 47.4 Å². The van der Waals surface area contributed by atoms with E-state index < -0.39 is 0 Å². The number of hydrogen-bond donors (Lipinski definition) is 1. The second-order valence-corrected chi connectivity index (χ2v) is 7.86. The Morgan fingerprint density at radius 2 is 2.00 bits per heavy atom. The summed E-state index contributed by atoms with van der Waals surface area (Å²) in [6.07, 6.45) is 0.937. The van der Waals surface area contributed by atoms with Crippen molar-refractivity contribution in [2.45, 2.75) is 44.7 Å². The van der Waals surface area contributed by atoms with E-state index >= 15 is 0 Å². The number of nitrogens with zero attached hydrogens (tertiary/aromatic N) is 1. The lowest BCUT2D eigenvalue weighted by molar-refractivity contribution is 0.0939. The minimum atomic E-state index is 0.0167. The number of rotatable bonds is 5. The Morgan fingerprint density at radius 3 is 2.72 bits per heavy atom. The zero-order chi connectivity index (χ0) is 17.8. The fourth-order valence-corrected chi connectivity index (χ4v) is 3.93. The molecule has 3 rings (SSSR count). The van der Waals surface area contributed by atoms with Gasteiger partial charge in [-0.1, -0.05) is 36.8 Å². The Bertz CT molecular complexity index is 742. The molecule has 2 aromatic rings. The molecule has 0 saturated carbocycles. The van der Waals surface area contributed by atoms with Crippen LogP contribution >= 0.6 is 11.8 Å². The van der Waals surface area contributed by atoms with E-state index in [0.29, 0.717) is 0 Å². The van der Waals surface area contributed by atoms with Gasteiger partial charge in [-0.3, -0.25) is 4.79 Å². The van der Waals surface area contributed by atoms with Crippen molar-refractivity contribution in [1.82, 2.24) is 5.32 Å². The van der Waals surface area contributed by atoms with Crippen molar-refractivity contribution in [3.8, 4) is 0 Å². The lowest BCUT2D eigenvalue weighted by Crippen LogP contribution is -2.33. The molecule has 0 fully saturated rings. The quantitative estimate of drug-likeness (QED) is 0.849. The first-order valence-corrected chi connectivity index (χ1v) is 9.93. The van der Waals surface area contributed by atoms with Gasteiger partial charge < -0.3 is 10.2 Å². The van der Waals surface area contributed by atoms with Crippen LogP contribution in [0.5, 0.6) is 0 Å². The lowest BCUT2D eigenvalue weighted by atomic mass is 10.1. The highest BCUT2D eigenvalue weighted by Gasteiger charge is 2.20. The Labute approximate surface area is 154 Å². The molecule has 0 radical (unpaired) electrons. The molecule has 132 valence electrons. The highest BCUT2D eigenvalue weighted by molar-refractivity contribution is 7.99. The van der Waals surface area contributed by atoms with Crippen molar-refractivity contribution >= 4 is 23.4 Å².